The Hall–Kier alpha value is -1.10. The molecule has 1 N–H and O–H groups in total. The number of nitrogens with zero attached hydrogens (tertiary/aromatic N) is 2. The van der Waals surface area contributed by atoms with E-state index in [0.29, 0.717) is 11.9 Å². The molecule has 1 saturated heterocycles. The summed E-state index contributed by atoms with van der Waals surface area (Å²) in [4.78, 5) is 17.1. The quantitative estimate of drug-likeness (QED) is 0.800. The number of hydrogen-bond acceptors (Lipinski definition) is 4. The van der Waals surface area contributed by atoms with Gasteiger partial charge in [-0.15, -0.1) is 0 Å². The van der Waals surface area contributed by atoms with Crippen molar-refractivity contribution in [2.75, 3.05) is 6.54 Å². The van der Waals surface area contributed by atoms with E-state index in [1.54, 1.807) is 0 Å². The molecule has 1 aliphatic heterocycles. The molecule has 1 fully saturated rings. The van der Waals surface area contributed by atoms with Gasteiger partial charge in [-0.2, -0.15) is 10.1 Å². The van der Waals surface area contributed by atoms with Gasteiger partial charge in [0.2, 0.25) is 5.89 Å². The van der Waals surface area contributed by atoms with Crippen LogP contribution in [-0.2, 0) is 0 Å². The summed E-state index contributed by atoms with van der Waals surface area (Å²) < 4.78 is 5.09. The number of nitrogens with one attached hydrogen (secondary N) is 1. The third kappa shape index (κ3) is 2.12. The molecule has 1 aromatic heterocycles. The molecule has 84 valence electrons. The molecule has 0 bridgehead atoms. The molecule has 1 unspecified atom stereocenters. The molecule has 1 aliphatic rings. The highest BCUT2D eigenvalue weighted by Crippen LogP contribution is 2.30. The second-order valence-corrected chi connectivity index (χ2v) is 4.30. The van der Waals surface area contributed by atoms with Gasteiger partial charge in [-0.3, -0.25) is 4.90 Å². The van der Waals surface area contributed by atoms with Crippen LogP contribution < -0.4 is 5.69 Å². The Bertz CT molecular complexity index is 369. The highest BCUT2D eigenvalue weighted by molar-refractivity contribution is 4.92. The first-order valence-corrected chi connectivity index (χ1v) is 5.49. The molecule has 0 aromatic carbocycles. The van der Waals surface area contributed by atoms with Crippen LogP contribution in [-0.4, -0.2) is 27.6 Å². The lowest BCUT2D eigenvalue weighted by Gasteiger charge is -2.36. The zero-order valence-electron chi connectivity index (χ0n) is 9.19. The maximum atomic E-state index is 10.9. The summed E-state index contributed by atoms with van der Waals surface area (Å²) in [7, 11) is 0. The fourth-order valence-electron chi connectivity index (χ4n) is 2.22. The van der Waals surface area contributed by atoms with E-state index in [1.807, 2.05) is 0 Å². The molecular weight excluding hydrogens is 194 g/mol. The van der Waals surface area contributed by atoms with Gasteiger partial charge < -0.3 is 4.52 Å². The highest BCUT2D eigenvalue weighted by atomic mass is 16.5. The van der Waals surface area contributed by atoms with E-state index >= 15 is 0 Å². The van der Waals surface area contributed by atoms with E-state index in [4.69, 9.17) is 4.52 Å². The monoisotopic (exact) mass is 211 g/mol. The van der Waals surface area contributed by atoms with Gasteiger partial charge in [0.25, 0.3) is 0 Å². The maximum absolute atomic E-state index is 10.9. The summed E-state index contributed by atoms with van der Waals surface area (Å²) in [6, 6.07) is 0.620. The summed E-state index contributed by atoms with van der Waals surface area (Å²) in [5, 5.41) is 2.26. The van der Waals surface area contributed by atoms with Crippen LogP contribution in [0.3, 0.4) is 0 Å². The zero-order valence-corrected chi connectivity index (χ0v) is 9.19. The molecule has 2 rings (SSSR count). The van der Waals surface area contributed by atoms with E-state index in [-0.39, 0.29) is 11.7 Å². The summed E-state index contributed by atoms with van der Waals surface area (Å²) in [6.07, 6.45) is 3.40. The Kier molecular flexibility index (Phi) is 2.90. The first-order valence-electron chi connectivity index (χ1n) is 5.49. The van der Waals surface area contributed by atoms with Crippen LogP contribution in [0, 0.1) is 0 Å². The van der Waals surface area contributed by atoms with Gasteiger partial charge in [0.15, 0.2) is 0 Å². The fourth-order valence-corrected chi connectivity index (χ4v) is 2.22. The van der Waals surface area contributed by atoms with Gasteiger partial charge in [0.1, 0.15) is 0 Å². The predicted molar refractivity (Wildman–Crippen MR) is 55.6 cm³/mol. The molecule has 1 atom stereocenters. The van der Waals surface area contributed by atoms with Gasteiger partial charge in [-0.25, -0.2) is 4.79 Å². The minimum Gasteiger partial charge on any atom is -0.360 e. The highest BCUT2D eigenvalue weighted by Gasteiger charge is 2.29. The Morgan fingerprint density at radius 2 is 2.33 bits per heavy atom. The van der Waals surface area contributed by atoms with Gasteiger partial charge in [-0.1, -0.05) is 6.42 Å². The second-order valence-electron chi connectivity index (χ2n) is 4.30. The predicted octanol–water partition coefficient (Wildman–Crippen LogP) is 1.30. The lowest BCUT2D eigenvalue weighted by molar-refractivity contribution is 0.0875. The van der Waals surface area contributed by atoms with Crippen LogP contribution in [0.4, 0.5) is 0 Å². The number of H-pyrrole nitrogens is 1. The molecule has 2 heterocycles. The number of hydrogen-bond donors (Lipinski definition) is 1. The average Bonchev–Trinajstić information content (AvgIpc) is 2.65. The lowest BCUT2D eigenvalue weighted by Crippen LogP contribution is -2.38. The molecule has 0 amide bonds. The molecule has 5 heteroatoms. The zero-order chi connectivity index (χ0) is 10.8. The van der Waals surface area contributed by atoms with E-state index in [0.717, 1.165) is 13.0 Å². The van der Waals surface area contributed by atoms with Crippen LogP contribution in [0.25, 0.3) is 0 Å². The fraction of sp³-hybridized carbons (Fsp3) is 0.800. The summed E-state index contributed by atoms with van der Waals surface area (Å²) in [5.41, 5.74) is -0.390. The Labute approximate surface area is 88.5 Å². The first-order chi connectivity index (χ1) is 7.18. The van der Waals surface area contributed by atoms with Crippen LogP contribution in [0.15, 0.2) is 9.32 Å². The van der Waals surface area contributed by atoms with Crippen molar-refractivity contribution >= 4 is 0 Å². The van der Waals surface area contributed by atoms with Crippen LogP contribution in [0.5, 0.6) is 0 Å². The molecule has 0 saturated carbocycles. The average molecular weight is 211 g/mol. The first kappa shape index (κ1) is 10.4. The maximum Gasteiger partial charge on any atom is 0.377 e. The van der Waals surface area contributed by atoms with Crippen molar-refractivity contribution in [3.05, 3.63) is 16.4 Å². The Balaban J connectivity index is 2.21. The van der Waals surface area contributed by atoms with Gasteiger partial charge >= 0.3 is 5.69 Å². The van der Waals surface area contributed by atoms with Crippen LogP contribution >= 0.6 is 0 Å². The largest absolute Gasteiger partial charge is 0.377 e. The summed E-state index contributed by atoms with van der Waals surface area (Å²) >= 11 is 0. The normalized spacial score (nSPS) is 23.5. The van der Waals surface area contributed by atoms with E-state index < -0.39 is 0 Å². The minimum atomic E-state index is -0.390. The molecule has 0 radical (unpaired) electrons. The van der Waals surface area contributed by atoms with Crippen molar-refractivity contribution in [1.82, 2.24) is 15.0 Å². The van der Waals surface area contributed by atoms with Crippen molar-refractivity contribution in [1.29, 1.82) is 0 Å². The number of aromatic nitrogens is 2. The Morgan fingerprint density at radius 3 is 2.93 bits per heavy atom. The molecule has 0 spiro atoms. The number of likely N-dealkylation sites (tertiary alicyclic amines) is 1. The molecule has 1 aromatic rings. The minimum absolute atomic E-state index is 0.165. The van der Waals surface area contributed by atoms with Crippen LogP contribution in [0.1, 0.15) is 45.0 Å². The van der Waals surface area contributed by atoms with Crippen molar-refractivity contribution in [3.8, 4) is 0 Å². The summed E-state index contributed by atoms with van der Waals surface area (Å²) in [5.74, 6) is 0.536. The van der Waals surface area contributed by atoms with Crippen molar-refractivity contribution < 1.29 is 4.52 Å². The molecule has 0 aliphatic carbocycles. The standard InChI is InChI=1S/C10H17N3O2/c1-7(2)13-6-4-3-5-8(13)9-11-10(14)12-15-9/h7-8H,3-6H2,1-2H3,(H,12,14). The molecular formula is C10H17N3O2. The third-order valence-corrected chi connectivity index (χ3v) is 2.95. The Morgan fingerprint density at radius 1 is 1.53 bits per heavy atom. The van der Waals surface area contributed by atoms with Crippen molar-refractivity contribution in [2.45, 2.75) is 45.2 Å². The number of piperidine rings is 1. The second kappa shape index (κ2) is 4.18. The van der Waals surface area contributed by atoms with Gasteiger partial charge in [-0.05, 0) is 33.2 Å². The third-order valence-electron chi connectivity index (χ3n) is 2.95. The summed E-state index contributed by atoms with van der Waals surface area (Å²) in [6.45, 7) is 5.37. The van der Waals surface area contributed by atoms with E-state index in [9.17, 15) is 4.79 Å². The van der Waals surface area contributed by atoms with E-state index in [1.165, 1.54) is 12.8 Å². The smallest absolute Gasteiger partial charge is 0.360 e. The van der Waals surface area contributed by atoms with Gasteiger partial charge in [0, 0.05) is 6.04 Å². The SMILES string of the molecule is CC(C)N1CCCCC1c1nc(=O)[nH]o1. The van der Waals surface area contributed by atoms with Crippen LogP contribution in [0.2, 0.25) is 0 Å². The molecule has 15 heavy (non-hydrogen) atoms. The molecule has 5 nitrogen and oxygen atoms in total. The van der Waals surface area contributed by atoms with Gasteiger partial charge in [0.05, 0.1) is 6.04 Å². The van der Waals surface area contributed by atoms with E-state index in [2.05, 4.69) is 28.9 Å². The topological polar surface area (TPSA) is 62.1 Å². The lowest BCUT2D eigenvalue weighted by atomic mass is 10.0. The van der Waals surface area contributed by atoms with Crippen molar-refractivity contribution in [2.24, 2.45) is 0 Å². The van der Waals surface area contributed by atoms with Crippen molar-refractivity contribution in [3.63, 3.8) is 0 Å². The number of rotatable bonds is 2. The number of aromatic amines is 1.